The van der Waals surface area contributed by atoms with Crippen molar-refractivity contribution >= 4 is 26.7 Å². The van der Waals surface area contributed by atoms with E-state index in [1.54, 1.807) is 0 Å². The summed E-state index contributed by atoms with van der Waals surface area (Å²) in [5.41, 5.74) is 0. The minimum Gasteiger partial charge on any atom is -0.384 e. The first-order valence-electron chi connectivity index (χ1n) is 6.34. The van der Waals surface area contributed by atoms with Crippen LogP contribution in [0.5, 0.6) is 0 Å². The maximum Gasteiger partial charge on any atom is 0.303 e. The van der Waals surface area contributed by atoms with Crippen LogP contribution in [-0.2, 0) is 10.2 Å². The van der Waals surface area contributed by atoms with E-state index in [0.717, 1.165) is 24.2 Å². The quantitative estimate of drug-likeness (QED) is 0.811. The van der Waals surface area contributed by atoms with Gasteiger partial charge >= 0.3 is 10.2 Å². The molecule has 0 spiro atoms. The summed E-state index contributed by atoms with van der Waals surface area (Å²) in [7, 11) is -3.53. The van der Waals surface area contributed by atoms with Crippen molar-refractivity contribution in [3.05, 3.63) is 11.1 Å². The first-order chi connectivity index (χ1) is 9.51. The molecule has 0 aromatic carbocycles. The Morgan fingerprint density at radius 2 is 2.25 bits per heavy atom. The summed E-state index contributed by atoms with van der Waals surface area (Å²) in [6.07, 6.45) is 3.25. The summed E-state index contributed by atoms with van der Waals surface area (Å²) in [6, 6.07) is 0. The lowest BCUT2D eigenvalue weighted by Crippen LogP contribution is -2.41. The molecule has 0 atom stereocenters. The van der Waals surface area contributed by atoms with Crippen LogP contribution >= 0.6 is 11.3 Å². The average Bonchev–Trinajstić information content (AvgIpc) is 2.83. The van der Waals surface area contributed by atoms with Gasteiger partial charge in [0.05, 0.1) is 11.1 Å². The topological polar surface area (TPSA) is 82.5 Å². The van der Waals surface area contributed by atoms with Gasteiger partial charge in [0.25, 0.3) is 0 Å². The summed E-state index contributed by atoms with van der Waals surface area (Å²) in [5, 5.41) is 8.90. The fourth-order valence-electron chi connectivity index (χ4n) is 1.91. The van der Waals surface area contributed by atoms with Crippen LogP contribution in [0.2, 0.25) is 0 Å². The first kappa shape index (κ1) is 15.3. The largest absolute Gasteiger partial charge is 0.384 e. The Kier molecular flexibility index (Phi) is 4.99. The molecule has 2 rings (SSSR count). The molecule has 20 heavy (non-hydrogen) atoms. The maximum absolute atomic E-state index is 12.2. The number of aromatic nitrogens is 1. The Labute approximate surface area is 123 Å². The minimum absolute atomic E-state index is 0.231. The molecule has 0 amide bonds. The highest BCUT2D eigenvalue weighted by Gasteiger charge is 2.26. The van der Waals surface area contributed by atoms with E-state index in [2.05, 4.69) is 28.5 Å². The van der Waals surface area contributed by atoms with E-state index in [0.29, 0.717) is 29.0 Å². The normalized spacial score (nSPS) is 17.5. The lowest BCUT2D eigenvalue weighted by Gasteiger charge is -2.29. The van der Waals surface area contributed by atoms with Gasteiger partial charge in [0.15, 0.2) is 5.13 Å². The van der Waals surface area contributed by atoms with Crippen molar-refractivity contribution in [1.82, 2.24) is 9.29 Å². The van der Waals surface area contributed by atoms with Crippen LogP contribution in [0.3, 0.4) is 0 Å². The Morgan fingerprint density at radius 1 is 1.55 bits per heavy atom. The number of nitrogens with one attached hydrogen (secondary N) is 1. The van der Waals surface area contributed by atoms with Crippen molar-refractivity contribution in [2.45, 2.75) is 19.8 Å². The molecule has 0 radical (unpaired) electrons. The zero-order chi connectivity index (χ0) is 14.6. The molecule has 110 valence electrons. The monoisotopic (exact) mass is 315 g/mol. The van der Waals surface area contributed by atoms with Crippen LogP contribution in [0.4, 0.5) is 5.13 Å². The minimum atomic E-state index is -3.53. The highest BCUT2D eigenvalue weighted by atomic mass is 32.2. The van der Waals surface area contributed by atoms with E-state index < -0.39 is 10.2 Å². The molecule has 1 aromatic heterocycles. The number of thiazole rings is 1. The lowest BCUT2D eigenvalue weighted by molar-refractivity contribution is 0.289. The van der Waals surface area contributed by atoms with Crippen molar-refractivity contribution in [2.75, 3.05) is 24.4 Å². The molecule has 0 aliphatic carbocycles. The zero-order valence-corrected chi connectivity index (χ0v) is 12.8. The second kappa shape index (κ2) is 6.54. The Morgan fingerprint density at radius 3 is 2.90 bits per heavy atom. The van der Waals surface area contributed by atoms with Gasteiger partial charge in [0, 0.05) is 13.1 Å². The van der Waals surface area contributed by atoms with Gasteiger partial charge in [-0.1, -0.05) is 30.1 Å². The van der Waals surface area contributed by atoms with E-state index in [9.17, 15) is 8.42 Å². The number of hydrogen-bond acceptors (Lipinski definition) is 5. The fraction of sp³-hybridized carbons (Fsp3) is 0.583. The van der Waals surface area contributed by atoms with Crippen molar-refractivity contribution in [1.29, 1.82) is 0 Å². The Bertz CT molecular complexity index is 607. The standard InChI is InChI=1S/C12H17N3O3S2/c1-10-4-6-15(7-5-10)20(17,18)14-12-13-9-11(19-12)3-2-8-16/h9-10,16H,4-8H2,1H3,(H,13,14). The summed E-state index contributed by atoms with van der Waals surface area (Å²) in [5.74, 6) is 5.76. The predicted molar refractivity (Wildman–Crippen MR) is 78.6 cm³/mol. The van der Waals surface area contributed by atoms with E-state index in [1.807, 2.05) is 0 Å². The molecule has 8 heteroatoms. The van der Waals surface area contributed by atoms with Gasteiger partial charge < -0.3 is 5.11 Å². The number of piperidine rings is 1. The predicted octanol–water partition coefficient (Wildman–Crippen LogP) is 0.875. The van der Waals surface area contributed by atoms with Gasteiger partial charge in [0.2, 0.25) is 0 Å². The van der Waals surface area contributed by atoms with Crippen LogP contribution in [0.25, 0.3) is 0 Å². The van der Waals surface area contributed by atoms with Gasteiger partial charge in [-0.3, -0.25) is 0 Å². The third-order valence-electron chi connectivity index (χ3n) is 3.10. The molecule has 1 aliphatic heterocycles. The third kappa shape index (κ3) is 3.93. The van der Waals surface area contributed by atoms with Crippen LogP contribution < -0.4 is 4.72 Å². The molecular weight excluding hydrogens is 298 g/mol. The summed E-state index contributed by atoms with van der Waals surface area (Å²) in [4.78, 5) is 4.60. The van der Waals surface area contributed by atoms with Gasteiger partial charge in [0.1, 0.15) is 6.61 Å². The van der Waals surface area contributed by atoms with Crippen LogP contribution in [0, 0.1) is 17.8 Å². The van der Waals surface area contributed by atoms with Crippen molar-refractivity contribution in [3.8, 4) is 11.8 Å². The van der Waals surface area contributed by atoms with E-state index in [4.69, 9.17) is 5.11 Å². The summed E-state index contributed by atoms with van der Waals surface area (Å²) in [6.45, 7) is 2.98. The smallest absolute Gasteiger partial charge is 0.303 e. The Hall–Kier alpha value is -1.14. The summed E-state index contributed by atoms with van der Waals surface area (Å²) < 4.78 is 28.3. The van der Waals surface area contributed by atoms with E-state index in [-0.39, 0.29) is 6.61 Å². The van der Waals surface area contributed by atoms with E-state index in [1.165, 1.54) is 10.5 Å². The molecule has 2 heterocycles. The van der Waals surface area contributed by atoms with Gasteiger partial charge in [-0.25, -0.2) is 9.71 Å². The van der Waals surface area contributed by atoms with Crippen LogP contribution in [0.15, 0.2) is 6.20 Å². The highest BCUT2D eigenvalue weighted by molar-refractivity contribution is 7.90. The first-order valence-corrected chi connectivity index (χ1v) is 8.60. The highest BCUT2D eigenvalue weighted by Crippen LogP contribution is 2.22. The molecule has 1 aromatic rings. The summed E-state index contributed by atoms with van der Waals surface area (Å²) >= 11 is 1.15. The molecular formula is C12H17N3O3S2. The number of aliphatic hydroxyl groups excluding tert-OH is 1. The SMILES string of the molecule is CC1CCN(S(=O)(=O)Nc2ncc(C#CCO)s2)CC1. The number of hydrogen-bond donors (Lipinski definition) is 2. The van der Waals surface area contributed by atoms with Gasteiger partial charge in [-0.15, -0.1) is 0 Å². The molecule has 0 bridgehead atoms. The van der Waals surface area contributed by atoms with Gasteiger partial charge in [-0.2, -0.15) is 12.7 Å². The lowest BCUT2D eigenvalue weighted by atomic mass is 10.0. The van der Waals surface area contributed by atoms with Crippen molar-refractivity contribution < 1.29 is 13.5 Å². The molecule has 0 saturated carbocycles. The average molecular weight is 315 g/mol. The second-order valence-electron chi connectivity index (χ2n) is 4.68. The van der Waals surface area contributed by atoms with Gasteiger partial charge in [-0.05, 0) is 18.8 Å². The number of aliphatic hydroxyl groups is 1. The molecule has 1 fully saturated rings. The van der Waals surface area contributed by atoms with Crippen LogP contribution in [0.1, 0.15) is 24.6 Å². The maximum atomic E-state index is 12.2. The Balaban J connectivity index is 2.03. The fourth-order valence-corrected chi connectivity index (χ4v) is 4.02. The van der Waals surface area contributed by atoms with Crippen LogP contribution in [-0.4, -0.2) is 42.5 Å². The molecule has 6 nitrogen and oxygen atoms in total. The van der Waals surface area contributed by atoms with Crippen molar-refractivity contribution in [2.24, 2.45) is 5.92 Å². The zero-order valence-electron chi connectivity index (χ0n) is 11.2. The molecule has 1 aliphatic rings. The van der Waals surface area contributed by atoms with Crippen molar-refractivity contribution in [3.63, 3.8) is 0 Å². The molecule has 0 unspecified atom stereocenters. The molecule has 1 saturated heterocycles. The number of anilines is 1. The number of rotatable bonds is 3. The van der Waals surface area contributed by atoms with E-state index >= 15 is 0 Å². The third-order valence-corrected chi connectivity index (χ3v) is 5.55. The second-order valence-corrected chi connectivity index (χ2v) is 7.38. The number of nitrogens with zero attached hydrogens (tertiary/aromatic N) is 2. The molecule has 2 N–H and O–H groups in total.